The highest BCUT2D eigenvalue weighted by Crippen LogP contribution is 2.35. The standard InChI is InChI=1S/C17H11FN2O3S/c1-22-15-13(21)12-11(7-6-10-16(12)24-17(19)20-10)23-14(15)8-2-4-9(18)5-3-8/h2-7H,1H3,(H2,19,20). The molecule has 2 aromatic carbocycles. The highest BCUT2D eigenvalue weighted by atomic mass is 32.1. The lowest BCUT2D eigenvalue weighted by atomic mass is 10.1. The molecule has 0 atom stereocenters. The molecule has 2 heterocycles. The van der Waals surface area contributed by atoms with E-state index in [1.807, 2.05) is 0 Å². The van der Waals surface area contributed by atoms with Crippen molar-refractivity contribution in [1.82, 2.24) is 4.98 Å². The smallest absolute Gasteiger partial charge is 0.236 e. The number of nitrogens with two attached hydrogens (primary N) is 1. The van der Waals surface area contributed by atoms with Crippen LogP contribution in [-0.2, 0) is 0 Å². The number of aromatic nitrogens is 1. The highest BCUT2D eigenvalue weighted by Gasteiger charge is 2.20. The second-order valence-corrected chi connectivity index (χ2v) is 6.17. The summed E-state index contributed by atoms with van der Waals surface area (Å²) in [4.78, 5) is 17.1. The lowest BCUT2D eigenvalue weighted by Gasteiger charge is -2.09. The van der Waals surface area contributed by atoms with E-state index in [9.17, 15) is 9.18 Å². The molecule has 0 saturated heterocycles. The Bertz CT molecular complexity index is 1130. The van der Waals surface area contributed by atoms with Crippen LogP contribution in [0.3, 0.4) is 0 Å². The van der Waals surface area contributed by atoms with Crippen molar-refractivity contribution in [2.45, 2.75) is 0 Å². The predicted octanol–water partition coefficient (Wildman–Crippen LogP) is 3.80. The SMILES string of the molecule is COc1c(-c2ccc(F)cc2)oc2ccc3nc(N)sc3c2c1=O. The Hall–Kier alpha value is -2.93. The number of nitrogens with zero attached hydrogens (tertiary/aromatic N) is 1. The average molecular weight is 342 g/mol. The maximum Gasteiger partial charge on any atom is 0.236 e. The summed E-state index contributed by atoms with van der Waals surface area (Å²) in [6.45, 7) is 0. The largest absolute Gasteiger partial charge is 0.490 e. The Morgan fingerprint density at radius 1 is 1.21 bits per heavy atom. The summed E-state index contributed by atoms with van der Waals surface area (Å²) in [6.07, 6.45) is 0. The molecular weight excluding hydrogens is 331 g/mol. The Morgan fingerprint density at radius 2 is 1.96 bits per heavy atom. The van der Waals surface area contributed by atoms with Crippen molar-refractivity contribution in [3.63, 3.8) is 0 Å². The molecule has 0 aliphatic carbocycles. The molecule has 24 heavy (non-hydrogen) atoms. The number of rotatable bonds is 2. The van der Waals surface area contributed by atoms with E-state index in [1.54, 1.807) is 12.1 Å². The molecule has 0 radical (unpaired) electrons. The number of nitrogen functional groups attached to an aromatic ring is 1. The van der Waals surface area contributed by atoms with E-state index in [1.165, 1.54) is 42.7 Å². The molecule has 0 spiro atoms. The zero-order chi connectivity index (χ0) is 16.8. The van der Waals surface area contributed by atoms with E-state index in [4.69, 9.17) is 14.9 Å². The number of anilines is 1. The third-order valence-corrected chi connectivity index (χ3v) is 4.62. The van der Waals surface area contributed by atoms with Crippen LogP contribution in [0.15, 0.2) is 45.6 Å². The van der Waals surface area contributed by atoms with Crippen LogP contribution >= 0.6 is 11.3 Å². The number of ether oxygens (including phenoxy) is 1. The third kappa shape index (κ3) is 2.13. The molecular formula is C17H11FN2O3S. The van der Waals surface area contributed by atoms with Gasteiger partial charge in [-0.15, -0.1) is 0 Å². The van der Waals surface area contributed by atoms with Crippen molar-refractivity contribution in [3.8, 4) is 17.1 Å². The predicted molar refractivity (Wildman–Crippen MR) is 92.0 cm³/mol. The highest BCUT2D eigenvalue weighted by molar-refractivity contribution is 7.23. The van der Waals surface area contributed by atoms with Crippen molar-refractivity contribution >= 4 is 37.7 Å². The van der Waals surface area contributed by atoms with Crippen LogP contribution in [0.2, 0.25) is 0 Å². The van der Waals surface area contributed by atoms with Crippen molar-refractivity contribution in [1.29, 1.82) is 0 Å². The van der Waals surface area contributed by atoms with Gasteiger partial charge in [-0.1, -0.05) is 11.3 Å². The van der Waals surface area contributed by atoms with Crippen LogP contribution in [0.1, 0.15) is 0 Å². The average Bonchev–Trinajstić information content (AvgIpc) is 2.95. The fraction of sp³-hybridized carbons (Fsp3) is 0.0588. The second kappa shape index (κ2) is 5.31. The fourth-order valence-electron chi connectivity index (χ4n) is 2.64. The van der Waals surface area contributed by atoms with E-state index >= 15 is 0 Å². The van der Waals surface area contributed by atoms with Gasteiger partial charge in [0.15, 0.2) is 10.9 Å². The summed E-state index contributed by atoms with van der Waals surface area (Å²) < 4.78 is 25.0. The first kappa shape index (κ1) is 14.6. The molecule has 0 amide bonds. The number of benzene rings is 2. The normalized spacial score (nSPS) is 11.2. The van der Waals surface area contributed by atoms with Crippen LogP contribution in [0.25, 0.3) is 32.5 Å². The van der Waals surface area contributed by atoms with Gasteiger partial charge in [0.2, 0.25) is 11.2 Å². The first-order valence-corrected chi connectivity index (χ1v) is 7.86. The summed E-state index contributed by atoms with van der Waals surface area (Å²) in [5.41, 5.74) is 7.02. The van der Waals surface area contributed by atoms with Gasteiger partial charge in [-0.2, -0.15) is 0 Å². The monoisotopic (exact) mass is 342 g/mol. The first-order chi connectivity index (χ1) is 11.6. The molecule has 0 bridgehead atoms. The number of fused-ring (bicyclic) bond motifs is 3. The van der Waals surface area contributed by atoms with Crippen LogP contribution < -0.4 is 15.9 Å². The van der Waals surface area contributed by atoms with Gasteiger partial charge >= 0.3 is 0 Å². The van der Waals surface area contributed by atoms with Crippen LogP contribution in [0.4, 0.5) is 9.52 Å². The van der Waals surface area contributed by atoms with Gasteiger partial charge in [-0.25, -0.2) is 9.37 Å². The summed E-state index contributed by atoms with van der Waals surface area (Å²) in [5, 5.41) is 0.753. The van der Waals surface area contributed by atoms with Crippen LogP contribution in [0, 0.1) is 5.82 Å². The van der Waals surface area contributed by atoms with Gasteiger partial charge in [0, 0.05) is 5.56 Å². The maximum atomic E-state index is 13.2. The van der Waals surface area contributed by atoms with Crippen LogP contribution in [0.5, 0.6) is 5.75 Å². The Labute approximate surface area is 139 Å². The molecule has 7 heteroatoms. The number of thiazole rings is 1. The van der Waals surface area contributed by atoms with Gasteiger partial charge in [0.25, 0.3) is 0 Å². The molecule has 2 aromatic heterocycles. The topological polar surface area (TPSA) is 78.3 Å². The summed E-state index contributed by atoms with van der Waals surface area (Å²) >= 11 is 1.22. The second-order valence-electron chi connectivity index (χ2n) is 5.14. The van der Waals surface area contributed by atoms with E-state index in [2.05, 4.69) is 4.98 Å². The quantitative estimate of drug-likeness (QED) is 0.599. The zero-order valence-corrected chi connectivity index (χ0v) is 13.3. The molecule has 4 rings (SSSR count). The Morgan fingerprint density at radius 3 is 2.67 bits per heavy atom. The zero-order valence-electron chi connectivity index (χ0n) is 12.5. The lowest BCUT2D eigenvalue weighted by Crippen LogP contribution is -2.07. The Kier molecular flexibility index (Phi) is 3.24. The van der Waals surface area contributed by atoms with Crippen molar-refractivity contribution in [2.75, 3.05) is 12.8 Å². The number of hydrogen-bond donors (Lipinski definition) is 1. The van der Waals surface area contributed by atoms with E-state index in [-0.39, 0.29) is 22.8 Å². The Balaban J connectivity index is 2.11. The summed E-state index contributed by atoms with van der Waals surface area (Å²) in [6, 6.07) is 9.08. The van der Waals surface area contributed by atoms with Gasteiger partial charge in [-0.05, 0) is 36.4 Å². The van der Waals surface area contributed by atoms with E-state index < -0.39 is 0 Å². The lowest BCUT2D eigenvalue weighted by molar-refractivity contribution is 0.399. The van der Waals surface area contributed by atoms with Gasteiger partial charge < -0.3 is 14.9 Å². The maximum absolute atomic E-state index is 13.2. The molecule has 0 fully saturated rings. The van der Waals surface area contributed by atoms with E-state index in [0.717, 1.165) is 0 Å². The number of methoxy groups -OCH3 is 1. The van der Waals surface area contributed by atoms with Gasteiger partial charge in [0.1, 0.15) is 11.4 Å². The summed E-state index contributed by atoms with van der Waals surface area (Å²) in [7, 11) is 1.40. The summed E-state index contributed by atoms with van der Waals surface area (Å²) in [5.74, 6) is -0.0527. The van der Waals surface area contributed by atoms with Crippen molar-refractivity contribution in [2.24, 2.45) is 0 Å². The van der Waals surface area contributed by atoms with Crippen molar-refractivity contribution < 1.29 is 13.5 Å². The number of hydrogen-bond acceptors (Lipinski definition) is 6. The minimum Gasteiger partial charge on any atom is -0.490 e. The first-order valence-electron chi connectivity index (χ1n) is 7.04. The van der Waals surface area contributed by atoms with E-state index in [0.29, 0.717) is 31.9 Å². The van der Waals surface area contributed by atoms with Crippen LogP contribution in [-0.4, -0.2) is 12.1 Å². The minimum absolute atomic E-state index is 0.0635. The number of halogens is 1. The molecule has 0 aliphatic heterocycles. The molecule has 0 saturated carbocycles. The molecule has 120 valence electrons. The molecule has 4 aromatic rings. The molecule has 5 nitrogen and oxygen atoms in total. The fourth-order valence-corrected chi connectivity index (χ4v) is 3.51. The third-order valence-electron chi connectivity index (χ3n) is 3.70. The minimum atomic E-state index is -0.373. The van der Waals surface area contributed by atoms with Gasteiger partial charge in [0.05, 0.1) is 22.7 Å². The molecule has 0 aliphatic rings. The molecule has 2 N–H and O–H groups in total. The van der Waals surface area contributed by atoms with Gasteiger partial charge in [-0.3, -0.25) is 4.79 Å². The van der Waals surface area contributed by atoms with Crippen molar-refractivity contribution in [3.05, 3.63) is 52.4 Å². The molecule has 0 unspecified atom stereocenters.